The van der Waals surface area contributed by atoms with Gasteiger partial charge in [0.25, 0.3) is 0 Å². The van der Waals surface area contributed by atoms with Crippen molar-refractivity contribution in [2.75, 3.05) is 26.2 Å². The number of sulfonamides is 1. The van der Waals surface area contributed by atoms with Crippen LogP contribution < -0.4 is 4.74 Å². The third-order valence-electron chi connectivity index (χ3n) is 6.41. The maximum atomic E-state index is 13.0. The first-order chi connectivity index (χ1) is 15.5. The van der Waals surface area contributed by atoms with Crippen molar-refractivity contribution in [2.24, 2.45) is 0 Å². The number of nitrogens with zero attached hydrogens (tertiary/aromatic N) is 3. The van der Waals surface area contributed by atoms with E-state index in [-0.39, 0.29) is 11.0 Å². The van der Waals surface area contributed by atoms with Crippen LogP contribution in [0.3, 0.4) is 0 Å². The van der Waals surface area contributed by atoms with E-state index < -0.39 is 10.0 Å². The Morgan fingerprint density at radius 1 is 1.00 bits per heavy atom. The summed E-state index contributed by atoms with van der Waals surface area (Å²) in [7, 11) is -3.59. The molecule has 0 unspecified atom stereocenters. The van der Waals surface area contributed by atoms with Crippen LogP contribution in [0.2, 0.25) is 0 Å². The molecule has 5 rings (SSSR count). The van der Waals surface area contributed by atoms with Gasteiger partial charge < -0.3 is 9.64 Å². The van der Waals surface area contributed by atoms with E-state index in [9.17, 15) is 8.42 Å². The topological polar surface area (TPSA) is 73.6 Å². The molecular formula is C25H25N3O3S. The first-order valence-electron chi connectivity index (χ1n) is 10.9. The molecule has 1 saturated heterocycles. The molecule has 0 N–H and O–H groups in total. The molecule has 1 atom stereocenters. The first kappa shape index (κ1) is 20.8. The Morgan fingerprint density at radius 2 is 1.75 bits per heavy atom. The summed E-state index contributed by atoms with van der Waals surface area (Å²) in [5.41, 5.74) is 4.43. The number of rotatable bonds is 5. The lowest BCUT2D eigenvalue weighted by atomic mass is 10.0. The molecule has 0 bridgehead atoms. The molecule has 2 aromatic rings. The maximum absolute atomic E-state index is 13.0. The zero-order valence-corrected chi connectivity index (χ0v) is 18.6. The number of hydrogen-bond donors (Lipinski definition) is 0. The van der Waals surface area contributed by atoms with E-state index in [2.05, 4.69) is 35.3 Å². The highest BCUT2D eigenvalue weighted by atomic mass is 32.2. The van der Waals surface area contributed by atoms with E-state index >= 15 is 0 Å². The highest BCUT2D eigenvalue weighted by Crippen LogP contribution is 2.28. The quantitative estimate of drug-likeness (QED) is 0.704. The van der Waals surface area contributed by atoms with Crippen LogP contribution in [0.25, 0.3) is 0 Å². The van der Waals surface area contributed by atoms with Gasteiger partial charge in [0.05, 0.1) is 23.1 Å². The molecule has 2 aliphatic heterocycles. The largest absolute Gasteiger partial charge is 0.489 e. The van der Waals surface area contributed by atoms with E-state index in [1.807, 2.05) is 12.1 Å². The van der Waals surface area contributed by atoms with Gasteiger partial charge in [-0.05, 0) is 78.9 Å². The number of benzene rings is 2. The Bertz CT molecular complexity index is 1230. The highest BCUT2D eigenvalue weighted by Gasteiger charge is 2.33. The maximum Gasteiger partial charge on any atom is 0.243 e. The summed E-state index contributed by atoms with van der Waals surface area (Å²) in [5, 5.41) is 8.92. The van der Waals surface area contributed by atoms with Gasteiger partial charge in [0.15, 0.2) is 0 Å². The number of allylic oxidation sites excluding steroid dienone is 3. The van der Waals surface area contributed by atoms with Gasteiger partial charge in [-0.15, -0.1) is 0 Å². The lowest BCUT2D eigenvalue weighted by Crippen LogP contribution is -2.31. The Hall–Kier alpha value is -3.08. The third-order valence-corrected chi connectivity index (χ3v) is 8.29. The monoisotopic (exact) mass is 447 g/mol. The van der Waals surface area contributed by atoms with Crippen molar-refractivity contribution in [1.29, 1.82) is 5.26 Å². The second kappa shape index (κ2) is 8.45. The van der Waals surface area contributed by atoms with Gasteiger partial charge in [-0.1, -0.05) is 12.1 Å². The normalized spacial score (nSPS) is 20.7. The zero-order valence-electron chi connectivity index (χ0n) is 17.8. The molecule has 0 aromatic heterocycles. The lowest BCUT2D eigenvalue weighted by Gasteiger charge is -2.26. The summed E-state index contributed by atoms with van der Waals surface area (Å²) in [6.45, 7) is 2.77. The molecule has 0 amide bonds. The van der Waals surface area contributed by atoms with Gasteiger partial charge in [0.2, 0.25) is 10.0 Å². The van der Waals surface area contributed by atoms with Crippen molar-refractivity contribution < 1.29 is 13.2 Å². The molecule has 7 heteroatoms. The van der Waals surface area contributed by atoms with Crippen LogP contribution in [0.5, 0.6) is 5.75 Å². The van der Waals surface area contributed by atoms with E-state index in [1.165, 1.54) is 45.4 Å². The molecule has 0 radical (unpaired) electrons. The molecule has 164 valence electrons. The molecule has 1 aliphatic carbocycles. The van der Waals surface area contributed by atoms with Crippen molar-refractivity contribution in [3.63, 3.8) is 0 Å². The van der Waals surface area contributed by atoms with Gasteiger partial charge >= 0.3 is 0 Å². The zero-order chi connectivity index (χ0) is 22.1. The fourth-order valence-corrected chi connectivity index (χ4v) is 5.97. The van der Waals surface area contributed by atoms with E-state index in [1.54, 1.807) is 0 Å². The number of fused-ring (bicyclic) bond motifs is 1. The second-order valence-corrected chi connectivity index (χ2v) is 10.3. The van der Waals surface area contributed by atoms with Crippen LogP contribution in [0.15, 0.2) is 71.3 Å². The van der Waals surface area contributed by atoms with E-state index in [0.717, 1.165) is 31.7 Å². The minimum absolute atomic E-state index is 0.172. The average molecular weight is 448 g/mol. The fraction of sp³-hybridized carbons (Fsp3) is 0.320. The smallest absolute Gasteiger partial charge is 0.243 e. The summed E-state index contributed by atoms with van der Waals surface area (Å²) in [4.78, 5) is 2.63. The van der Waals surface area contributed by atoms with Crippen molar-refractivity contribution in [1.82, 2.24) is 9.21 Å². The molecule has 0 saturated carbocycles. The standard InChI is InChI=1S/C25H25N3O3S/c26-17-19-4-8-25(9-5-19)32(29,30)28-15-12-24(18-28)31-23-7-6-20-10-13-27(22-2-1-3-22)14-11-21(20)16-23/h1-9,16,24H,10-15,18H2/t24-/m1/s1. The number of ether oxygens (including phenoxy) is 1. The Labute approximate surface area is 189 Å². The first-order valence-corrected chi connectivity index (χ1v) is 12.4. The summed E-state index contributed by atoms with van der Waals surface area (Å²) in [6, 6.07) is 14.4. The molecule has 2 heterocycles. The fourth-order valence-electron chi connectivity index (χ4n) is 4.48. The second-order valence-electron chi connectivity index (χ2n) is 8.40. The van der Waals surface area contributed by atoms with Crippen molar-refractivity contribution >= 4 is 10.0 Å². The summed E-state index contributed by atoms with van der Waals surface area (Å²) in [5.74, 6) is 0.808. The predicted molar refractivity (Wildman–Crippen MR) is 122 cm³/mol. The Balaban J connectivity index is 1.23. The van der Waals surface area contributed by atoms with Crippen LogP contribution in [0, 0.1) is 11.3 Å². The van der Waals surface area contributed by atoms with Crippen molar-refractivity contribution in [2.45, 2.75) is 30.3 Å². The predicted octanol–water partition coefficient (Wildman–Crippen LogP) is 3.25. The van der Waals surface area contributed by atoms with Gasteiger partial charge in [0, 0.05) is 25.3 Å². The molecule has 0 spiro atoms. The molecule has 1 fully saturated rings. The van der Waals surface area contributed by atoms with E-state index in [4.69, 9.17) is 10.00 Å². The minimum atomic E-state index is -3.59. The van der Waals surface area contributed by atoms with E-state index in [0.29, 0.717) is 25.1 Å². The minimum Gasteiger partial charge on any atom is -0.489 e. The van der Waals surface area contributed by atoms with Crippen molar-refractivity contribution in [3.8, 4) is 11.8 Å². The van der Waals surface area contributed by atoms with Gasteiger partial charge in [-0.3, -0.25) is 0 Å². The van der Waals surface area contributed by atoms with Crippen LogP contribution in [-0.2, 0) is 22.9 Å². The molecule has 3 aliphatic rings. The molecular weight excluding hydrogens is 422 g/mol. The van der Waals surface area contributed by atoms with Gasteiger partial charge in [0.1, 0.15) is 11.9 Å². The number of nitriles is 1. The average Bonchev–Trinajstić information content (AvgIpc) is 3.15. The summed E-state index contributed by atoms with van der Waals surface area (Å²) in [6.07, 6.45) is 8.85. The molecule has 6 nitrogen and oxygen atoms in total. The molecule has 2 aromatic carbocycles. The Kier molecular flexibility index (Phi) is 5.50. The summed E-state index contributed by atoms with van der Waals surface area (Å²) >= 11 is 0. The van der Waals surface area contributed by atoms with Crippen LogP contribution in [-0.4, -0.2) is 49.9 Å². The van der Waals surface area contributed by atoms with Gasteiger partial charge in [-0.2, -0.15) is 9.57 Å². The van der Waals surface area contributed by atoms with Crippen LogP contribution in [0.4, 0.5) is 0 Å². The highest BCUT2D eigenvalue weighted by molar-refractivity contribution is 7.89. The van der Waals surface area contributed by atoms with Crippen molar-refractivity contribution in [3.05, 3.63) is 83.1 Å². The SMILES string of the molecule is N#Cc1ccc(S(=O)(=O)N2CC[C@@H](Oc3ccc4c(c3)CCN(C3=CC=C3)CC4)C2)cc1. The van der Waals surface area contributed by atoms with Crippen LogP contribution >= 0.6 is 0 Å². The third kappa shape index (κ3) is 4.04. The number of hydrogen-bond acceptors (Lipinski definition) is 5. The molecule has 32 heavy (non-hydrogen) atoms. The summed E-state index contributed by atoms with van der Waals surface area (Å²) < 4.78 is 33.6. The Morgan fingerprint density at radius 3 is 2.44 bits per heavy atom. The lowest BCUT2D eigenvalue weighted by molar-refractivity contribution is 0.215. The van der Waals surface area contributed by atoms with Crippen LogP contribution in [0.1, 0.15) is 23.1 Å². The van der Waals surface area contributed by atoms with Gasteiger partial charge in [-0.25, -0.2) is 8.42 Å².